The molecule has 0 radical (unpaired) electrons. The zero-order chi connectivity index (χ0) is 19.2. The molecule has 1 aliphatic heterocycles. The fourth-order valence-corrected chi connectivity index (χ4v) is 3.09. The molecule has 7 heteroatoms. The highest BCUT2D eigenvalue weighted by Crippen LogP contribution is 2.27. The van der Waals surface area contributed by atoms with Crippen molar-refractivity contribution in [2.75, 3.05) is 4.90 Å². The standard InChI is InChI=1S/C19H18BrN3O3/c1-10-7-14(5-6-16(10)20)23-18(25)15(17(24)21-19(23)26)9-13-8-11(2)22(4)12(13)3/h5-9H,1-4H3,(H,21,24,26)/b15-9-. The predicted molar refractivity (Wildman–Crippen MR) is 103 cm³/mol. The minimum absolute atomic E-state index is 0.0705. The van der Waals surface area contributed by atoms with Gasteiger partial charge in [-0.2, -0.15) is 0 Å². The van der Waals surface area contributed by atoms with Crippen LogP contribution in [0.1, 0.15) is 22.5 Å². The Labute approximate surface area is 159 Å². The predicted octanol–water partition coefficient (Wildman–Crippen LogP) is 3.38. The number of barbiturate groups is 1. The fraction of sp³-hybridized carbons (Fsp3) is 0.211. The number of nitrogens with zero attached hydrogens (tertiary/aromatic N) is 2. The number of carbonyl (C=O) groups is 3. The maximum atomic E-state index is 12.9. The Balaban J connectivity index is 2.06. The molecule has 0 atom stereocenters. The zero-order valence-corrected chi connectivity index (χ0v) is 16.5. The lowest BCUT2D eigenvalue weighted by molar-refractivity contribution is -0.122. The second-order valence-corrected chi connectivity index (χ2v) is 7.13. The van der Waals surface area contributed by atoms with E-state index in [4.69, 9.17) is 0 Å². The van der Waals surface area contributed by atoms with Crippen LogP contribution in [0.5, 0.6) is 0 Å². The molecular weight excluding hydrogens is 398 g/mol. The normalized spacial score (nSPS) is 16.4. The molecule has 0 unspecified atom stereocenters. The summed E-state index contributed by atoms with van der Waals surface area (Å²) in [6, 6.07) is 6.27. The van der Waals surface area contributed by atoms with Gasteiger partial charge in [0, 0.05) is 22.9 Å². The summed E-state index contributed by atoms with van der Waals surface area (Å²) in [5.74, 6) is -1.33. The molecule has 0 bridgehead atoms. The summed E-state index contributed by atoms with van der Waals surface area (Å²) in [6.07, 6.45) is 1.53. The van der Waals surface area contributed by atoms with E-state index in [9.17, 15) is 14.4 Å². The third kappa shape index (κ3) is 2.99. The van der Waals surface area contributed by atoms with Gasteiger partial charge in [-0.05, 0) is 62.2 Å². The summed E-state index contributed by atoms with van der Waals surface area (Å²) < 4.78 is 2.84. The van der Waals surface area contributed by atoms with Crippen LogP contribution in [0, 0.1) is 20.8 Å². The van der Waals surface area contributed by atoms with Crippen molar-refractivity contribution in [3.63, 3.8) is 0 Å². The summed E-state index contributed by atoms with van der Waals surface area (Å²) in [5.41, 5.74) is 3.92. The molecule has 0 spiro atoms. The number of benzene rings is 1. The third-order valence-corrected chi connectivity index (χ3v) is 5.51. The van der Waals surface area contributed by atoms with Gasteiger partial charge in [0.25, 0.3) is 11.8 Å². The molecule has 1 saturated heterocycles. The number of hydrogen-bond donors (Lipinski definition) is 1. The lowest BCUT2D eigenvalue weighted by Crippen LogP contribution is -2.54. The molecule has 3 rings (SSSR count). The van der Waals surface area contributed by atoms with Crippen molar-refractivity contribution in [1.82, 2.24) is 9.88 Å². The topological polar surface area (TPSA) is 71.4 Å². The minimum atomic E-state index is -0.750. The Bertz CT molecular complexity index is 988. The molecule has 1 N–H and O–H groups in total. The van der Waals surface area contributed by atoms with E-state index in [2.05, 4.69) is 21.2 Å². The maximum absolute atomic E-state index is 12.9. The molecule has 6 nitrogen and oxygen atoms in total. The van der Waals surface area contributed by atoms with Crippen LogP contribution in [0.25, 0.3) is 6.08 Å². The molecule has 0 saturated carbocycles. The molecule has 26 heavy (non-hydrogen) atoms. The molecule has 1 aliphatic rings. The summed E-state index contributed by atoms with van der Waals surface area (Å²) in [7, 11) is 1.91. The molecular formula is C19H18BrN3O3. The smallest absolute Gasteiger partial charge is 0.335 e. The van der Waals surface area contributed by atoms with Crippen molar-refractivity contribution < 1.29 is 14.4 Å². The van der Waals surface area contributed by atoms with Crippen LogP contribution in [0.2, 0.25) is 0 Å². The molecule has 1 aromatic heterocycles. The van der Waals surface area contributed by atoms with Gasteiger partial charge in [0.15, 0.2) is 0 Å². The van der Waals surface area contributed by atoms with Gasteiger partial charge < -0.3 is 4.57 Å². The SMILES string of the molecule is Cc1cc(N2C(=O)NC(=O)/C(=C/c3cc(C)n(C)c3C)C2=O)ccc1Br. The average Bonchev–Trinajstić information content (AvgIpc) is 2.81. The summed E-state index contributed by atoms with van der Waals surface area (Å²) in [6.45, 7) is 5.71. The number of halogens is 1. The van der Waals surface area contributed by atoms with Gasteiger partial charge in [-0.3, -0.25) is 14.9 Å². The number of carbonyl (C=O) groups excluding carboxylic acids is 3. The van der Waals surface area contributed by atoms with Crippen LogP contribution in [0.3, 0.4) is 0 Å². The largest absolute Gasteiger partial charge is 0.352 e. The van der Waals surface area contributed by atoms with Gasteiger partial charge in [-0.15, -0.1) is 0 Å². The van der Waals surface area contributed by atoms with Crippen molar-refractivity contribution in [1.29, 1.82) is 0 Å². The Morgan fingerprint density at radius 1 is 1.08 bits per heavy atom. The summed E-state index contributed by atoms with van der Waals surface area (Å²) in [4.78, 5) is 38.4. The van der Waals surface area contributed by atoms with E-state index < -0.39 is 17.8 Å². The quantitative estimate of drug-likeness (QED) is 0.603. The maximum Gasteiger partial charge on any atom is 0.335 e. The Hall–Kier alpha value is -2.67. The highest BCUT2D eigenvalue weighted by Gasteiger charge is 2.37. The first kappa shape index (κ1) is 18.1. The van der Waals surface area contributed by atoms with Crippen molar-refractivity contribution >= 4 is 45.5 Å². The second-order valence-electron chi connectivity index (χ2n) is 6.28. The molecule has 2 heterocycles. The number of rotatable bonds is 2. The number of aromatic nitrogens is 1. The molecule has 4 amide bonds. The second kappa shape index (κ2) is 6.57. The van der Waals surface area contributed by atoms with Gasteiger partial charge in [0.05, 0.1) is 5.69 Å². The number of nitrogens with one attached hydrogen (secondary N) is 1. The first-order valence-electron chi connectivity index (χ1n) is 8.01. The lowest BCUT2D eigenvalue weighted by Gasteiger charge is -2.26. The third-order valence-electron chi connectivity index (χ3n) is 4.62. The van der Waals surface area contributed by atoms with Crippen molar-refractivity contribution in [3.8, 4) is 0 Å². The van der Waals surface area contributed by atoms with E-state index in [0.717, 1.165) is 31.9 Å². The number of amides is 4. The number of imide groups is 2. The highest BCUT2D eigenvalue weighted by atomic mass is 79.9. The molecule has 134 valence electrons. The average molecular weight is 416 g/mol. The van der Waals surface area contributed by atoms with Gasteiger partial charge in [0.1, 0.15) is 5.57 Å². The molecule has 1 fully saturated rings. The first-order valence-corrected chi connectivity index (χ1v) is 8.80. The van der Waals surface area contributed by atoms with Crippen molar-refractivity contribution in [2.24, 2.45) is 7.05 Å². The first-order chi connectivity index (χ1) is 12.2. The Morgan fingerprint density at radius 2 is 1.77 bits per heavy atom. The number of urea groups is 1. The minimum Gasteiger partial charge on any atom is -0.352 e. The van der Waals surface area contributed by atoms with Crippen LogP contribution >= 0.6 is 15.9 Å². The van der Waals surface area contributed by atoms with E-state index >= 15 is 0 Å². The monoisotopic (exact) mass is 415 g/mol. The summed E-state index contributed by atoms with van der Waals surface area (Å²) >= 11 is 3.39. The van der Waals surface area contributed by atoms with E-state index in [1.165, 1.54) is 6.08 Å². The number of hydrogen-bond acceptors (Lipinski definition) is 3. The van der Waals surface area contributed by atoms with Gasteiger partial charge in [-0.25, -0.2) is 9.69 Å². The zero-order valence-electron chi connectivity index (χ0n) is 14.9. The van der Waals surface area contributed by atoms with Crippen LogP contribution in [-0.4, -0.2) is 22.4 Å². The highest BCUT2D eigenvalue weighted by molar-refractivity contribution is 9.10. The van der Waals surface area contributed by atoms with E-state index in [0.29, 0.717) is 5.69 Å². The lowest BCUT2D eigenvalue weighted by atomic mass is 10.1. The van der Waals surface area contributed by atoms with Crippen LogP contribution < -0.4 is 10.2 Å². The Morgan fingerprint density at radius 3 is 2.35 bits per heavy atom. The van der Waals surface area contributed by atoms with Crippen LogP contribution in [0.4, 0.5) is 10.5 Å². The van der Waals surface area contributed by atoms with Crippen molar-refractivity contribution in [3.05, 3.63) is 56.8 Å². The fourth-order valence-electron chi connectivity index (χ4n) is 2.85. The van der Waals surface area contributed by atoms with Crippen molar-refractivity contribution in [2.45, 2.75) is 20.8 Å². The van der Waals surface area contributed by atoms with Gasteiger partial charge in [-0.1, -0.05) is 15.9 Å². The van der Waals surface area contributed by atoms with Gasteiger partial charge in [0.2, 0.25) is 0 Å². The molecule has 1 aromatic carbocycles. The van der Waals surface area contributed by atoms with Crippen LogP contribution in [0.15, 0.2) is 34.3 Å². The number of aryl methyl sites for hydroxylation is 2. The van der Waals surface area contributed by atoms with E-state index in [1.807, 2.05) is 38.5 Å². The summed E-state index contributed by atoms with van der Waals surface area (Å²) in [5, 5.41) is 2.24. The van der Waals surface area contributed by atoms with E-state index in [1.54, 1.807) is 18.2 Å². The molecule has 0 aliphatic carbocycles. The Kier molecular flexibility index (Phi) is 4.58. The number of anilines is 1. The molecule has 2 aromatic rings. The van der Waals surface area contributed by atoms with Gasteiger partial charge >= 0.3 is 6.03 Å². The van der Waals surface area contributed by atoms with E-state index in [-0.39, 0.29) is 5.57 Å². The van der Waals surface area contributed by atoms with Crippen LogP contribution in [-0.2, 0) is 16.6 Å².